The highest BCUT2D eigenvalue weighted by Gasteiger charge is 2.11. The second-order valence-corrected chi connectivity index (χ2v) is 4.91. The fourth-order valence-electron chi connectivity index (χ4n) is 1.85. The van der Waals surface area contributed by atoms with Gasteiger partial charge in [0.05, 0.1) is 18.1 Å². The van der Waals surface area contributed by atoms with E-state index >= 15 is 0 Å². The first-order valence-electron chi connectivity index (χ1n) is 5.73. The van der Waals surface area contributed by atoms with Crippen molar-refractivity contribution < 1.29 is 9.53 Å². The third-order valence-corrected chi connectivity index (χ3v) is 3.69. The number of hydrogen-bond donors (Lipinski definition) is 0. The van der Waals surface area contributed by atoms with E-state index in [1.165, 1.54) is 11.3 Å². The van der Waals surface area contributed by atoms with Crippen LogP contribution in [0.25, 0.3) is 0 Å². The SMILES string of the molecule is O=C(CCCN1CCOCC1)c1cccs1. The maximum Gasteiger partial charge on any atom is 0.172 e. The summed E-state index contributed by atoms with van der Waals surface area (Å²) in [5, 5.41) is 1.95. The molecule has 0 spiro atoms. The normalized spacial score (nSPS) is 17.5. The lowest BCUT2D eigenvalue weighted by Crippen LogP contribution is -2.36. The van der Waals surface area contributed by atoms with E-state index < -0.39 is 0 Å². The summed E-state index contributed by atoms with van der Waals surface area (Å²) in [6.45, 7) is 4.69. The summed E-state index contributed by atoms with van der Waals surface area (Å²) in [6.07, 6.45) is 1.62. The summed E-state index contributed by atoms with van der Waals surface area (Å²) in [7, 11) is 0. The lowest BCUT2D eigenvalue weighted by molar-refractivity contribution is 0.0371. The van der Waals surface area contributed by atoms with Crippen molar-refractivity contribution in [2.24, 2.45) is 0 Å². The molecule has 1 aromatic rings. The van der Waals surface area contributed by atoms with E-state index in [1.54, 1.807) is 0 Å². The van der Waals surface area contributed by atoms with Crippen LogP contribution in [0.1, 0.15) is 22.5 Å². The third-order valence-electron chi connectivity index (χ3n) is 2.78. The van der Waals surface area contributed by atoms with Crippen molar-refractivity contribution in [2.45, 2.75) is 12.8 Å². The number of rotatable bonds is 5. The van der Waals surface area contributed by atoms with E-state index in [-0.39, 0.29) is 5.78 Å². The zero-order chi connectivity index (χ0) is 11.2. The summed E-state index contributed by atoms with van der Waals surface area (Å²) < 4.78 is 5.28. The van der Waals surface area contributed by atoms with Crippen LogP contribution in [0.3, 0.4) is 0 Å². The summed E-state index contributed by atoms with van der Waals surface area (Å²) in [4.78, 5) is 15.0. The van der Waals surface area contributed by atoms with Crippen molar-refractivity contribution in [3.63, 3.8) is 0 Å². The molecule has 0 aromatic carbocycles. The molecule has 0 saturated carbocycles. The van der Waals surface area contributed by atoms with E-state index in [2.05, 4.69) is 4.90 Å². The van der Waals surface area contributed by atoms with Gasteiger partial charge in [0.25, 0.3) is 0 Å². The average molecular weight is 239 g/mol. The Morgan fingerprint density at radius 2 is 2.25 bits per heavy atom. The number of thiophene rings is 1. The van der Waals surface area contributed by atoms with Crippen LogP contribution in [0.5, 0.6) is 0 Å². The Kier molecular flexibility index (Phi) is 4.51. The van der Waals surface area contributed by atoms with Gasteiger partial charge in [-0.2, -0.15) is 0 Å². The van der Waals surface area contributed by atoms with Gasteiger partial charge in [-0.25, -0.2) is 0 Å². The number of Topliss-reactive ketones (excluding diaryl/α,β-unsaturated/α-hetero) is 1. The second-order valence-electron chi connectivity index (χ2n) is 3.96. The Hall–Kier alpha value is -0.710. The van der Waals surface area contributed by atoms with Crippen LogP contribution in [-0.2, 0) is 4.74 Å². The molecule has 16 heavy (non-hydrogen) atoms. The topological polar surface area (TPSA) is 29.5 Å². The molecular formula is C12H17NO2S. The molecule has 1 saturated heterocycles. The molecule has 1 aromatic heterocycles. The zero-order valence-electron chi connectivity index (χ0n) is 9.35. The molecule has 2 rings (SSSR count). The molecule has 0 amide bonds. The van der Waals surface area contributed by atoms with E-state index in [4.69, 9.17) is 4.74 Å². The highest BCUT2D eigenvalue weighted by atomic mass is 32.1. The first-order chi connectivity index (χ1) is 7.86. The predicted molar refractivity (Wildman–Crippen MR) is 65.1 cm³/mol. The molecule has 0 unspecified atom stereocenters. The Labute approximate surface area is 100 Å². The minimum Gasteiger partial charge on any atom is -0.379 e. The van der Waals surface area contributed by atoms with E-state index in [0.29, 0.717) is 6.42 Å². The molecule has 0 N–H and O–H groups in total. The molecule has 0 atom stereocenters. The number of morpholine rings is 1. The van der Waals surface area contributed by atoms with Gasteiger partial charge in [0.2, 0.25) is 0 Å². The molecule has 3 nitrogen and oxygen atoms in total. The van der Waals surface area contributed by atoms with Gasteiger partial charge in [0.1, 0.15) is 0 Å². The Morgan fingerprint density at radius 1 is 1.44 bits per heavy atom. The largest absolute Gasteiger partial charge is 0.379 e. The minimum absolute atomic E-state index is 0.281. The lowest BCUT2D eigenvalue weighted by atomic mass is 10.2. The van der Waals surface area contributed by atoms with Gasteiger partial charge in [0, 0.05) is 19.5 Å². The van der Waals surface area contributed by atoms with Gasteiger partial charge >= 0.3 is 0 Å². The smallest absolute Gasteiger partial charge is 0.172 e. The molecule has 4 heteroatoms. The summed E-state index contributed by atoms with van der Waals surface area (Å²) in [5.74, 6) is 0.281. The monoisotopic (exact) mass is 239 g/mol. The molecule has 0 radical (unpaired) electrons. The number of nitrogens with zero attached hydrogens (tertiary/aromatic N) is 1. The van der Waals surface area contributed by atoms with E-state index in [1.807, 2.05) is 17.5 Å². The van der Waals surface area contributed by atoms with Gasteiger partial charge in [-0.3, -0.25) is 9.69 Å². The van der Waals surface area contributed by atoms with Gasteiger partial charge in [0.15, 0.2) is 5.78 Å². The van der Waals surface area contributed by atoms with Crippen molar-refractivity contribution >= 4 is 17.1 Å². The van der Waals surface area contributed by atoms with E-state index in [0.717, 1.165) is 44.1 Å². The highest BCUT2D eigenvalue weighted by Crippen LogP contribution is 2.12. The molecule has 2 heterocycles. The first kappa shape index (κ1) is 11.8. The van der Waals surface area contributed by atoms with Gasteiger partial charge in [-0.05, 0) is 24.4 Å². The molecule has 88 valence electrons. The quantitative estimate of drug-likeness (QED) is 0.736. The first-order valence-corrected chi connectivity index (χ1v) is 6.61. The van der Waals surface area contributed by atoms with Crippen LogP contribution in [0.2, 0.25) is 0 Å². The molecule has 1 fully saturated rings. The van der Waals surface area contributed by atoms with E-state index in [9.17, 15) is 4.79 Å². The zero-order valence-corrected chi connectivity index (χ0v) is 10.2. The predicted octanol–water partition coefficient (Wildman–Crippen LogP) is 2.04. The Balaban J connectivity index is 1.66. The average Bonchev–Trinajstić information content (AvgIpc) is 2.84. The fraction of sp³-hybridized carbons (Fsp3) is 0.583. The molecule has 0 aliphatic carbocycles. The summed E-state index contributed by atoms with van der Waals surface area (Å²) in [6, 6.07) is 3.83. The number of carbonyl (C=O) groups is 1. The highest BCUT2D eigenvalue weighted by molar-refractivity contribution is 7.12. The van der Waals surface area contributed by atoms with Crippen LogP contribution in [-0.4, -0.2) is 43.5 Å². The van der Waals surface area contributed by atoms with Gasteiger partial charge in [-0.15, -0.1) is 11.3 Å². The van der Waals surface area contributed by atoms with Crippen molar-refractivity contribution in [2.75, 3.05) is 32.8 Å². The van der Waals surface area contributed by atoms with Crippen molar-refractivity contribution in [1.82, 2.24) is 4.90 Å². The Bertz CT molecular complexity index is 318. The third kappa shape index (κ3) is 3.40. The van der Waals surface area contributed by atoms with Crippen LogP contribution in [0.15, 0.2) is 17.5 Å². The van der Waals surface area contributed by atoms with Crippen LogP contribution in [0.4, 0.5) is 0 Å². The molecule has 1 aliphatic heterocycles. The maximum atomic E-state index is 11.7. The van der Waals surface area contributed by atoms with Crippen LogP contribution in [0, 0.1) is 0 Å². The minimum atomic E-state index is 0.281. The molecule has 0 bridgehead atoms. The van der Waals surface area contributed by atoms with Crippen molar-refractivity contribution in [3.8, 4) is 0 Å². The van der Waals surface area contributed by atoms with Crippen LogP contribution < -0.4 is 0 Å². The van der Waals surface area contributed by atoms with Gasteiger partial charge in [-0.1, -0.05) is 6.07 Å². The fourth-order valence-corrected chi connectivity index (χ4v) is 2.54. The summed E-state index contributed by atoms with van der Waals surface area (Å²) in [5.41, 5.74) is 0. The lowest BCUT2D eigenvalue weighted by Gasteiger charge is -2.26. The van der Waals surface area contributed by atoms with Gasteiger partial charge < -0.3 is 4.74 Å². The summed E-state index contributed by atoms with van der Waals surface area (Å²) >= 11 is 1.53. The number of hydrogen-bond acceptors (Lipinski definition) is 4. The maximum absolute atomic E-state index is 11.7. The van der Waals surface area contributed by atoms with Crippen LogP contribution >= 0.6 is 11.3 Å². The Morgan fingerprint density at radius 3 is 2.94 bits per heavy atom. The second kappa shape index (κ2) is 6.13. The molecular weight excluding hydrogens is 222 g/mol. The van der Waals surface area contributed by atoms with Crippen molar-refractivity contribution in [3.05, 3.63) is 22.4 Å². The number of carbonyl (C=O) groups excluding carboxylic acids is 1. The number of ether oxygens (including phenoxy) is 1. The standard InChI is InChI=1S/C12H17NO2S/c14-11(12-4-2-10-16-12)3-1-5-13-6-8-15-9-7-13/h2,4,10H,1,3,5-9H2. The number of ketones is 1. The van der Waals surface area contributed by atoms with Crippen molar-refractivity contribution in [1.29, 1.82) is 0 Å². The molecule has 1 aliphatic rings.